The number of aromatic nitrogens is 4. The molecule has 0 bridgehead atoms. The number of nitrogens with zero attached hydrogens (tertiary/aromatic N) is 4. The van der Waals surface area contributed by atoms with E-state index in [9.17, 15) is 0 Å². The van der Waals surface area contributed by atoms with Crippen molar-refractivity contribution in [2.45, 2.75) is 0 Å². The van der Waals surface area contributed by atoms with Gasteiger partial charge in [0.25, 0.3) is 0 Å². The Morgan fingerprint density at radius 1 is 0.333 bits per heavy atom. The standard InChI is InChI=1S/C58H38GeN4/c1-5-19-40(20-6-1)58-60-54(53-55(61-58)49-29-13-16-30-50(49)59(53,41-21-7-2-8-22-41)42-23-9-3-10-24-42)39-33-35-44(36-34-39)63-52-32-18-15-28-46(52)48-38-37-47-45-27-14-17-31-51(45)62(56(47)57(48)63)43-25-11-4-12-26-43/h1-38H. The molecule has 12 aromatic rings. The molecule has 1 aliphatic rings. The molecule has 0 N–H and O–H groups in total. The zero-order chi connectivity index (χ0) is 41.5. The Morgan fingerprint density at radius 2 is 0.794 bits per heavy atom. The molecule has 1 aliphatic heterocycles. The van der Waals surface area contributed by atoms with Gasteiger partial charge in [0, 0.05) is 0 Å². The van der Waals surface area contributed by atoms with E-state index in [0.29, 0.717) is 0 Å². The third kappa shape index (κ3) is 5.22. The predicted octanol–water partition coefficient (Wildman–Crippen LogP) is 11.4. The van der Waals surface area contributed by atoms with Crippen LogP contribution in [0.5, 0.6) is 0 Å². The molecule has 0 saturated heterocycles. The summed E-state index contributed by atoms with van der Waals surface area (Å²) in [6.07, 6.45) is 0. The van der Waals surface area contributed by atoms with Crippen molar-refractivity contribution >= 4 is 74.5 Å². The first-order valence-corrected chi connectivity index (χ1v) is 25.8. The third-order valence-electron chi connectivity index (χ3n) is 13.2. The number of fused-ring (bicyclic) bond motifs is 10. The molecule has 4 heterocycles. The molecule has 0 fully saturated rings. The van der Waals surface area contributed by atoms with Crippen LogP contribution in [-0.4, -0.2) is 32.4 Å². The van der Waals surface area contributed by atoms with E-state index in [1.54, 1.807) is 0 Å². The summed E-state index contributed by atoms with van der Waals surface area (Å²) in [5.41, 5.74) is 12.3. The van der Waals surface area contributed by atoms with Gasteiger partial charge >= 0.3 is 339 Å². The fourth-order valence-electron chi connectivity index (χ4n) is 10.6. The van der Waals surface area contributed by atoms with Crippen molar-refractivity contribution in [3.63, 3.8) is 0 Å². The van der Waals surface area contributed by atoms with Gasteiger partial charge in [-0.3, -0.25) is 0 Å². The zero-order valence-corrected chi connectivity index (χ0v) is 36.3. The van der Waals surface area contributed by atoms with Crippen molar-refractivity contribution in [1.82, 2.24) is 19.1 Å². The summed E-state index contributed by atoms with van der Waals surface area (Å²) in [6, 6.07) is 84.1. The van der Waals surface area contributed by atoms with Crippen molar-refractivity contribution in [1.29, 1.82) is 0 Å². The van der Waals surface area contributed by atoms with E-state index < -0.39 is 13.3 Å². The first kappa shape index (κ1) is 35.9. The monoisotopic (exact) mass is 864 g/mol. The molecule has 0 aliphatic carbocycles. The van der Waals surface area contributed by atoms with Crippen LogP contribution in [0.3, 0.4) is 0 Å². The minimum absolute atomic E-state index is 0.737. The molecule has 63 heavy (non-hydrogen) atoms. The van der Waals surface area contributed by atoms with Crippen molar-refractivity contribution in [3.8, 4) is 45.3 Å². The summed E-state index contributed by atoms with van der Waals surface area (Å²) >= 11 is -3.73. The molecule has 294 valence electrons. The number of hydrogen-bond acceptors (Lipinski definition) is 2. The van der Waals surface area contributed by atoms with Gasteiger partial charge in [0.1, 0.15) is 0 Å². The van der Waals surface area contributed by atoms with Gasteiger partial charge in [-0.15, -0.1) is 0 Å². The molecule has 0 unspecified atom stereocenters. The molecule has 5 heteroatoms. The molecule has 4 nitrogen and oxygen atoms in total. The fraction of sp³-hybridized carbons (Fsp3) is 0. The Hall–Kier alpha value is -7.80. The SMILES string of the molecule is c1ccc(-c2nc(-c3ccc(-n4c5ccccc5c5ccc6c7ccccc7n(-c7ccccc7)c6c54)cc3)[c]3c(n2)-c2cccc[c]2[Ge]3([c]2ccccc2)[c]2ccccc2)cc1. The molecule has 0 atom stereocenters. The third-order valence-corrected chi connectivity index (χ3v) is 23.4. The van der Waals surface area contributed by atoms with Crippen molar-refractivity contribution in [2.75, 3.05) is 0 Å². The molecule has 3 aromatic heterocycles. The molecule has 0 spiro atoms. The quantitative estimate of drug-likeness (QED) is 0.156. The summed E-state index contributed by atoms with van der Waals surface area (Å²) in [5, 5.41) is 4.93. The number of hydrogen-bond donors (Lipinski definition) is 0. The number of para-hydroxylation sites is 3. The van der Waals surface area contributed by atoms with Gasteiger partial charge in [-0.2, -0.15) is 0 Å². The predicted molar refractivity (Wildman–Crippen MR) is 264 cm³/mol. The second kappa shape index (κ2) is 14.1. The fourth-order valence-corrected chi connectivity index (χ4v) is 21.6. The summed E-state index contributed by atoms with van der Waals surface area (Å²) in [5.74, 6) is 0.737. The van der Waals surface area contributed by atoms with E-state index in [1.807, 2.05) is 0 Å². The van der Waals surface area contributed by atoms with Crippen LogP contribution in [0.1, 0.15) is 0 Å². The molecule has 9 aromatic carbocycles. The number of rotatable bonds is 6. The number of benzene rings is 9. The van der Waals surface area contributed by atoms with E-state index in [-0.39, 0.29) is 0 Å². The van der Waals surface area contributed by atoms with Crippen molar-refractivity contribution in [2.24, 2.45) is 0 Å². The molecule has 0 amide bonds. The maximum absolute atomic E-state index is 5.64. The van der Waals surface area contributed by atoms with E-state index in [4.69, 9.17) is 9.97 Å². The van der Waals surface area contributed by atoms with Gasteiger partial charge in [-0.05, 0) is 0 Å². The van der Waals surface area contributed by atoms with Gasteiger partial charge in [0.15, 0.2) is 0 Å². The second-order valence-corrected chi connectivity index (χ2v) is 24.2. The van der Waals surface area contributed by atoms with Crippen LogP contribution < -0.4 is 17.6 Å². The minimum atomic E-state index is -3.73. The van der Waals surface area contributed by atoms with Gasteiger partial charge in [0.05, 0.1) is 0 Å². The molecule has 0 saturated carbocycles. The second-order valence-electron chi connectivity index (χ2n) is 16.5. The summed E-state index contributed by atoms with van der Waals surface area (Å²) in [4.78, 5) is 11.2. The Bertz CT molecular complexity index is 3670. The summed E-state index contributed by atoms with van der Waals surface area (Å²) < 4.78 is 10.3. The first-order chi connectivity index (χ1) is 31.3. The average Bonchev–Trinajstić information content (AvgIpc) is 3.99. The van der Waals surface area contributed by atoms with Crippen LogP contribution in [-0.2, 0) is 0 Å². The van der Waals surface area contributed by atoms with E-state index in [0.717, 1.165) is 39.7 Å². The molecular formula is C58H38GeN4. The molecule has 13 rings (SSSR count). The van der Waals surface area contributed by atoms with Crippen LogP contribution in [0.2, 0.25) is 0 Å². The Kier molecular flexibility index (Phi) is 8.05. The van der Waals surface area contributed by atoms with E-state index in [2.05, 4.69) is 240 Å². The molecule has 0 radical (unpaired) electrons. The van der Waals surface area contributed by atoms with Gasteiger partial charge < -0.3 is 0 Å². The van der Waals surface area contributed by atoms with E-state index in [1.165, 1.54) is 66.8 Å². The van der Waals surface area contributed by atoms with Crippen molar-refractivity contribution < 1.29 is 0 Å². The van der Waals surface area contributed by atoms with Gasteiger partial charge in [-0.25, -0.2) is 0 Å². The van der Waals surface area contributed by atoms with Crippen LogP contribution >= 0.6 is 0 Å². The maximum atomic E-state index is 5.64. The Morgan fingerprint density at radius 3 is 1.38 bits per heavy atom. The topological polar surface area (TPSA) is 35.6 Å². The van der Waals surface area contributed by atoms with E-state index >= 15 is 0 Å². The average molecular weight is 864 g/mol. The van der Waals surface area contributed by atoms with Crippen LogP contribution in [0.25, 0.3) is 88.9 Å². The van der Waals surface area contributed by atoms with Gasteiger partial charge in [-0.1, -0.05) is 30.3 Å². The van der Waals surface area contributed by atoms with Crippen LogP contribution in [0.4, 0.5) is 0 Å². The zero-order valence-electron chi connectivity index (χ0n) is 34.2. The normalized spacial score (nSPS) is 12.9. The van der Waals surface area contributed by atoms with Gasteiger partial charge in [0.2, 0.25) is 0 Å². The van der Waals surface area contributed by atoms with Crippen molar-refractivity contribution in [3.05, 3.63) is 231 Å². The summed E-state index contributed by atoms with van der Waals surface area (Å²) in [6.45, 7) is 0. The summed E-state index contributed by atoms with van der Waals surface area (Å²) in [7, 11) is 0. The molecular weight excluding hydrogens is 825 g/mol. The Balaban J connectivity index is 1.10. The van der Waals surface area contributed by atoms with Crippen LogP contribution in [0, 0.1) is 0 Å². The van der Waals surface area contributed by atoms with Crippen LogP contribution in [0.15, 0.2) is 231 Å². The first-order valence-electron chi connectivity index (χ1n) is 21.6. The Labute approximate surface area is 367 Å².